The van der Waals surface area contributed by atoms with Gasteiger partial charge < -0.3 is 15.2 Å². The van der Waals surface area contributed by atoms with E-state index in [1.54, 1.807) is 13.2 Å². The van der Waals surface area contributed by atoms with Gasteiger partial charge in [-0.25, -0.2) is 0 Å². The zero-order chi connectivity index (χ0) is 14.5. The zero-order valence-electron chi connectivity index (χ0n) is 11.6. The molecule has 0 aliphatic rings. The van der Waals surface area contributed by atoms with E-state index >= 15 is 0 Å². The van der Waals surface area contributed by atoms with Crippen LogP contribution in [0.4, 0.5) is 0 Å². The Labute approximate surface area is 124 Å². The maximum atomic E-state index is 5.99. The lowest BCUT2D eigenvalue weighted by molar-refractivity contribution is 0.296. The number of hydrogen-bond donors (Lipinski definition) is 1. The van der Waals surface area contributed by atoms with Crippen LogP contribution in [0.3, 0.4) is 0 Å². The average molecular weight is 292 g/mol. The van der Waals surface area contributed by atoms with Gasteiger partial charge in [0.1, 0.15) is 18.1 Å². The third-order valence-electron chi connectivity index (χ3n) is 3.04. The normalized spacial score (nSPS) is 12.0. The molecule has 0 amide bonds. The molecule has 2 aromatic rings. The van der Waals surface area contributed by atoms with Crippen molar-refractivity contribution < 1.29 is 9.47 Å². The number of halogens is 1. The molecule has 0 aromatic heterocycles. The van der Waals surface area contributed by atoms with Crippen molar-refractivity contribution in [3.05, 3.63) is 58.6 Å². The van der Waals surface area contributed by atoms with Crippen LogP contribution in [0.1, 0.15) is 24.1 Å². The van der Waals surface area contributed by atoms with Crippen LogP contribution in [0.25, 0.3) is 0 Å². The smallest absolute Gasteiger partial charge is 0.125 e. The molecule has 0 aliphatic carbocycles. The second kappa shape index (κ2) is 6.64. The van der Waals surface area contributed by atoms with Crippen LogP contribution in [0.15, 0.2) is 42.5 Å². The van der Waals surface area contributed by atoms with Gasteiger partial charge in [-0.15, -0.1) is 0 Å². The van der Waals surface area contributed by atoms with E-state index < -0.39 is 0 Å². The van der Waals surface area contributed by atoms with Gasteiger partial charge in [0.25, 0.3) is 0 Å². The first-order valence-electron chi connectivity index (χ1n) is 6.41. The first-order chi connectivity index (χ1) is 9.60. The number of ether oxygens (including phenoxy) is 2. The Bertz CT molecular complexity index is 567. The van der Waals surface area contributed by atoms with Crippen LogP contribution in [0.2, 0.25) is 5.02 Å². The number of hydrogen-bond acceptors (Lipinski definition) is 3. The Kier molecular flexibility index (Phi) is 4.88. The molecule has 0 spiro atoms. The second-order valence-corrected chi connectivity index (χ2v) is 5.04. The molecule has 2 rings (SSSR count). The Morgan fingerprint density at radius 3 is 2.45 bits per heavy atom. The minimum atomic E-state index is 0.0251. The summed E-state index contributed by atoms with van der Waals surface area (Å²) in [4.78, 5) is 0. The summed E-state index contributed by atoms with van der Waals surface area (Å²) in [6.45, 7) is 2.36. The summed E-state index contributed by atoms with van der Waals surface area (Å²) in [6.07, 6.45) is 0. The maximum Gasteiger partial charge on any atom is 0.125 e. The van der Waals surface area contributed by atoms with Crippen molar-refractivity contribution >= 4 is 11.6 Å². The third-order valence-corrected chi connectivity index (χ3v) is 3.28. The average Bonchev–Trinajstić information content (AvgIpc) is 2.45. The highest BCUT2D eigenvalue weighted by atomic mass is 35.5. The number of methoxy groups -OCH3 is 1. The maximum absolute atomic E-state index is 5.99. The lowest BCUT2D eigenvalue weighted by Gasteiger charge is -2.11. The first-order valence-corrected chi connectivity index (χ1v) is 6.78. The predicted octanol–water partition coefficient (Wildman–Crippen LogP) is 3.95. The summed E-state index contributed by atoms with van der Waals surface area (Å²) in [5.74, 6) is 1.55. The molecule has 0 fully saturated rings. The molecule has 1 unspecified atom stereocenters. The second-order valence-electron chi connectivity index (χ2n) is 4.60. The van der Waals surface area contributed by atoms with Crippen molar-refractivity contribution in [2.24, 2.45) is 5.73 Å². The molecule has 20 heavy (non-hydrogen) atoms. The van der Waals surface area contributed by atoms with Crippen LogP contribution in [0, 0.1) is 0 Å². The van der Waals surface area contributed by atoms with Gasteiger partial charge in [-0.05, 0) is 42.8 Å². The van der Waals surface area contributed by atoms with Gasteiger partial charge >= 0.3 is 0 Å². The molecular weight excluding hydrogens is 274 g/mol. The third kappa shape index (κ3) is 3.65. The summed E-state index contributed by atoms with van der Waals surface area (Å²) in [6, 6.07) is 13.3. The highest BCUT2D eigenvalue weighted by molar-refractivity contribution is 6.30. The Hall–Kier alpha value is -1.71. The number of benzene rings is 2. The quantitative estimate of drug-likeness (QED) is 0.907. The molecule has 2 N–H and O–H groups in total. The van der Waals surface area contributed by atoms with E-state index in [2.05, 4.69) is 0 Å². The van der Waals surface area contributed by atoms with Crippen LogP contribution < -0.4 is 15.2 Å². The monoisotopic (exact) mass is 291 g/mol. The molecule has 106 valence electrons. The SMILES string of the molecule is COc1ccc(Cl)cc1COc1ccc(C(C)N)cc1. The summed E-state index contributed by atoms with van der Waals surface area (Å²) in [5, 5.41) is 0.664. The summed E-state index contributed by atoms with van der Waals surface area (Å²) in [5.41, 5.74) is 7.81. The van der Waals surface area contributed by atoms with Crippen molar-refractivity contribution in [1.82, 2.24) is 0 Å². The Balaban J connectivity index is 2.06. The van der Waals surface area contributed by atoms with Crippen LogP contribution in [-0.4, -0.2) is 7.11 Å². The van der Waals surface area contributed by atoms with Gasteiger partial charge in [0.05, 0.1) is 7.11 Å². The van der Waals surface area contributed by atoms with E-state index in [1.807, 2.05) is 43.3 Å². The van der Waals surface area contributed by atoms with E-state index in [0.29, 0.717) is 11.6 Å². The topological polar surface area (TPSA) is 44.5 Å². The minimum absolute atomic E-state index is 0.0251. The highest BCUT2D eigenvalue weighted by Gasteiger charge is 2.05. The lowest BCUT2D eigenvalue weighted by atomic mass is 10.1. The molecule has 1 atom stereocenters. The summed E-state index contributed by atoms with van der Waals surface area (Å²) >= 11 is 5.99. The van der Waals surface area contributed by atoms with Gasteiger partial charge in [-0.3, -0.25) is 0 Å². The van der Waals surface area contributed by atoms with Crippen molar-refractivity contribution in [3.8, 4) is 11.5 Å². The Morgan fingerprint density at radius 1 is 1.15 bits per heavy atom. The van der Waals surface area contributed by atoms with Crippen molar-refractivity contribution in [2.75, 3.05) is 7.11 Å². The van der Waals surface area contributed by atoms with Crippen molar-refractivity contribution in [2.45, 2.75) is 19.6 Å². The molecule has 3 nitrogen and oxygen atoms in total. The molecule has 2 aromatic carbocycles. The Morgan fingerprint density at radius 2 is 1.85 bits per heavy atom. The van der Waals surface area contributed by atoms with E-state index in [4.69, 9.17) is 26.8 Å². The van der Waals surface area contributed by atoms with E-state index in [1.165, 1.54) is 0 Å². The van der Waals surface area contributed by atoms with Crippen LogP contribution in [-0.2, 0) is 6.61 Å². The fourth-order valence-electron chi connectivity index (χ4n) is 1.89. The van der Waals surface area contributed by atoms with Crippen LogP contribution >= 0.6 is 11.6 Å². The number of rotatable bonds is 5. The largest absolute Gasteiger partial charge is 0.496 e. The summed E-state index contributed by atoms with van der Waals surface area (Å²) in [7, 11) is 1.63. The molecule has 4 heteroatoms. The van der Waals surface area contributed by atoms with Gasteiger partial charge in [0, 0.05) is 16.6 Å². The van der Waals surface area contributed by atoms with E-state index in [9.17, 15) is 0 Å². The van der Waals surface area contributed by atoms with E-state index in [-0.39, 0.29) is 6.04 Å². The first kappa shape index (κ1) is 14.7. The summed E-state index contributed by atoms with van der Waals surface area (Å²) < 4.78 is 11.0. The van der Waals surface area contributed by atoms with Gasteiger partial charge in [0.15, 0.2) is 0 Å². The van der Waals surface area contributed by atoms with Gasteiger partial charge in [-0.1, -0.05) is 23.7 Å². The molecule has 0 bridgehead atoms. The minimum Gasteiger partial charge on any atom is -0.496 e. The van der Waals surface area contributed by atoms with Crippen LogP contribution in [0.5, 0.6) is 11.5 Å². The predicted molar refractivity (Wildman–Crippen MR) is 81.4 cm³/mol. The molecule has 0 aliphatic heterocycles. The fourth-order valence-corrected chi connectivity index (χ4v) is 2.08. The molecule has 0 saturated carbocycles. The zero-order valence-corrected chi connectivity index (χ0v) is 12.4. The van der Waals surface area contributed by atoms with Crippen molar-refractivity contribution in [1.29, 1.82) is 0 Å². The molecule has 0 radical (unpaired) electrons. The molecule has 0 saturated heterocycles. The van der Waals surface area contributed by atoms with Gasteiger partial charge in [0.2, 0.25) is 0 Å². The van der Waals surface area contributed by atoms with Crippen molar-refractivity contribution in [3.63, 3.8) is 0 Å². The molecule has 0 heterocycles. The lowest BCUT2D eigenvalue weighted by Crippen LogP contribution is -2.04. The number of nitrogens with two attached hydrogens (primary N) is 1. The standard InChI is InChI=1S/C16H18ClNO2/c1-11(18)12-3-6-15(7-4-12)20-10-13-9-14(17)5-8-16(13)19-2/h3-9,11H,10,18H2,1-2H3. The highest BCUT2D eigenvalue weighted by Crippen LogP contribution is 2.24. The fraction of sp³-hybridized carbons (Fsp3) is 0.250. The molecular formula is C16H18ClNO2. The van der Waals surface area contributed by atoms with Gasteiger partial charge in [-0.2, -0.15) is 0 Å². The van der Waals surface area contributed by atoms with E-state index in [0.717, 1.165) is 22.6 Å².